The van der Waals surface area contributed by atoms with Gasteiger partial charge in [-0.2, -0.15) is 0 Å². The molecule has 0 unspecified atom stereocenters. The van der Waals surface area contributed by atoms with Gasteiger partial charge in [0.05, 0.1) is 0 Å². The van der Waals surface area contributed by atoms with Crippen LogP contribution in [0.4, 0.5) is 11.6 Å². The van der Waals surface area contributed by atoms with E-state index < -0.39 is 0 Å². The summed E-state index contributed by atoms with van der Waals surface area (Å²) in [5.41, 5.74) is 4.17. The fraction of sp³-hybridized carbons (Fsp3) is 0. The molecule has 0 fully saturated rings. The van der Waals surface area contributed by atoms with E-state index >= 15 is 0 Å². The normalized spacial score (nSPS) is 12.4. The third-order valence-corrected chi connectivity index (χ3v) is 4.65. The van der Waals surface area contributed by atoms with Crippen LogP contribution in [0.1, 0.15) is 0 Å². The summed E-state index contributed by atoms with van der Waals surface area (Å²) < 4.78 is 0. The molecule has 0 saturated heterocycles. The van der Waals surface area contributed by atoms with Gasteiger partial charge in [-0.15, -0.1) is 0 Å². The van der Waals surface area contributed by atoms with E-state index in [1.54, 1.807) is 12.4 Å². The number of aromatic nitrogens is 4. The first-order valence-electron chi connectivity index (χ1n) is 9.20. The van der Waals surface area contributed by atoms with Gasteiger partial charge in [-0.3, -0.25) is 9.97 Å². The standard InChI is InChI=1S/C22H16BN6.Ir/c1-3-17(13-24-9-1)19-5-7-21(26-15-19)28-11-12-29(23-28)22-8-6-20(16-27-22)18-4-2-10-25-14-18;/h1-16H;. The monoisotopic (exact) mass is 568 g/mol. The van der Waals surface area contributed by atoms with Crippen LogP contribution < -0.4 is 9.62 Å². The Bertz CT molecular complexity index is 1030. The zero-order valence-electron chi connectivity index (χ0n) is 15.8. The van der Waals surface area contributed by atoms with Crippen molar-refractivity contribution in [3.05, 3.63) is 98.1 Å². The molecule has 1 aliphatic rings. The van der Waals surface area contributed by atoms with Crippen LogP contribution in [-0.2, 0) is 20.1 Å². The van der Waals surface area contributed by atoms with E-state index in [9.17, 15) is 0 Å². The van der Waals surface area contributed by atoms with E-state index in [0.29, 0.717) is 0 Å². The van der Waals surface area contributed by atoms with Gasteiger partial charge in [0.2, 0.25) is 0 Å². The minimum atomic E-state index is 0. The van der Waals surface area contributed by atoms with Crippen molar-refractivity contribution in [1.29, 1.82) is 0 Å². The Kier molecular flexibility index (Phi) is 5.98. The molecule has 5 rings (SSSR count). The van der Waals surface area contributed by atoms with Crippen LogP contribution in [0.5, 0.6) is 0 Å². The number of rotatable bonds is 4. The number of nitrogens with zero attached hydrogens (tertiary/aromatic N) is 6. The quantitative estimate of drug-likeness (QED) is 0.349. The van der Waals surface area contributed by atoms with Gasteiger partial charge in [-0.05, 0) is 36.4 Å². The Balaban J connectivity index is 0.00000218. The first-order valence-corrected chi connectivity index (χ1v) is 9.20. The molecular weight excluding hydrogens is 551 g/mol. The largest absolute Gasteiger partial charge is 0.402 e. The number of pyridine rings is 4. The summed E-state index contributed by atoms with van der Waals surface area (Å²) in [5, 5.41) is 0. The molecular formula is C22H16BIrN6. The first-order chi connectivity index (χ1) is 14.4. The molecule has 6 nitrogen and oxygen atoms in total. The maximum absolute atomic E-state index is 4.58. The van der Waals surface area contributed by atoms with Crippen molar-refractivity contribution >= 4 is 19.2 Å². The van der Waals surface area contributed by atoms with Crippen molar-refractivity contribution < 1.29 is 20.1 Å². The molecule has 2 radical (unpaired) electrons. The SMILES string of the molecule is [B]1N(c2ccc(-c3cccnc3)cn2)C=CN1c1ccc(-c2cccnc2)cn1.[Ir]. The van der Waals surface area contributed by atoms with E-state index in [-0.39, 0.29) is 20.1 Å². The fourth-order valence-electron chi connectivity index (χ4n) is 3.11. The molecule has 30 heavy (non-hydrogen) atoms. The average Bonchev–Trinajstić information content (AvgIpc) is 3.31. The van der Waals surface area contributed by atoms with Crippen LogP contribution in [0.25, 0.3) is 22.3 Å². The minimum Gasteiger partial charge on any atom is -0.358 e. The fourth-order valence-corrected chi connectivity index (χ4v) is 3.11. The molecule has 1 aliphatic heterocycles. The molecule has 0 spiro atoms. The van der Waals surface area contributed by atoms with Crippen molar-refractivity contribution in [2.24, 2.45) is 0 Å². The summed E-state index contributed by atoms with van der Waals surface area (Å²) >= 11 is 0. The predicted octanol–water partition coefficient (Wildman–Crippen LogP) is 3.93. The van der Waals surface area contributed by atoms with Crippen molar-refractivity contribution in [3.63, 3.8) is 0 Å². The van der Waals surface area contributed by atoms with E-state index in [1.165, 1.54) is 0 Å². The van der Waals surface area contributed by atoms with Crippen LogP contribution in [0.2, 0.25) is 0 Å². The summed E-state index contributed by atoms with van der Waals surface area (Å²) in [4.78, 5) is 21.4. The molecule has 4 aromatic heterocycles. The molecule has 0 saturated carbocycles. The molecule has 146 valence electrons. The molecule has 0 atom stereocenters. The second-order valence-corrected chi connectivity index (χ2v) is 6.52. The summed E-state index contributed by atoms with van der Waals surface area (Å²) in [6.07, 6.45) is 14.8. The van der Waals surface area contributed by atoms with E-state index in [0.717, 1.165) is 33.9 Å². The van der Waals surface area contributed by atoms with Gasteiger partial charge < -0.3 is 9.62 Å². The summed E-state index contributed by atoms with van der Waals surface area (Å²) in [7, 11) is 1.96. The molecule has 5 heterocycles. The Labute approximate surface area is 189 Å². The summed E-state index contributed by atoms with van der Waals surface area (Å²) in [5.74, 6) is 1.67. The topological polar surface area (TPSA) is 58.0 Å². The van der Waals surface area contributed by atoms with Crippen molar-refractivity contribution in [1.82, 2.24) is 19.9 Å². The number of hydrogen-bond acceptors (Lipinski definition) is 6. The van der Waals surface area contributed by atoms with Gasteiger partial charge in [-0.1, -0.05) is 12.1 Å². The molecule has 0 bridgehead atoms. The van der Waals surface area contributed by atoms with E-state index in [2.05, 4.69) is 19.9 Å². The van der Waals surface area contributed by atoms with Crippen LogP contribution in [-0.4, -0.2) is 27.5 Å². The average molecular weight is 567 g/mol. The first kappa shape index (κ1) is 19.9. The van der Waals surface area contributed by atoms with Crippen molar-refractivity contribution in [2.45, 2.75) is 0 Å². The van der Waals surface area contributed by atoms with Gasteiger partial charge in [0.15, 0.2) is 0 Å². The molecule has 0 amide bonds. The molecule has 8 heteroatoms. The third-order valence-electron chi connectivity index (χ3n) is 4.65. The second-order valence-electron chi connectivity index (χ2n) is 6.52. The number of hydrogen-bond donors (Lipinski definition) is 0. The Morgan fingerprint density at radius 2 is 1.03 bits per heavy atom. The van der Waals surface area contributed by atoms with Crippen LogP contribution >= 0.6 is 0 Å². The van der Waals surface area contributed by atoms with Gasteiger partial charge in [0.25, 0.3) is 0 Å². The van der Waals surface area contributed by atoms with Gasteiger partial charge in [0.1, 0.15) is 11.6 Å². The van der Waals surface area contributed by atoms with Crippen molar-refractivity contribution in [2.75, 3.05) is 9.62 Å². The van der Waals surface area contributed by atoms with Gasteiger partial charge in [-0.25, -0.2) is 9.97 Å². The van der Waals surface area contributed by atoms with E-state index in [4.69, 9.17) is 0 Å². The van der Waals surface area contributed by atoms with E-state index in [1.807, 2.05) is 103 Å². The van der Waals surface area contributed by atoms with Crippen LogP contribution in [0, 0.1) is 0 Å². The zero-order valence-corrected chi connectivity index (χ0v) is 18.2. The van der Waals surface area contributed by atoms with Crippen LogP contribution in [0.15, 0.2) is 98.1 Å². The maximum Gasteiger partial charge on any atom is 0.402 e. The maximum atomic E-state index is 4.58. The Morgan fingerprint density at radius 1 is 0.567 bits per heavy atom. The summed E-state index contributed by atoms with van der Waals surface area (Å²) in [6, 6.07) is 16.0. The zero-order chi connectivity index (χ0) is 19.5. The number of anilines is 2. The smallest absolute Gasteiger partial charge is 0.358 e. The molecule has 4 aromatic rings. The summed E-state index contributed by atoms with van der Waals surface area (Å²) in [6.45, 7) is 0. The van der Waals surface area contributed by atoms with Crippen LogP contribution in [0.3, 0.4) is 0 Å². The Hall–Kier alpha value is -3.35. The predicted molar refractivity (Wildman–Crippen MR) is 115 cm³/mol. The molecule has 0 aliphatic carbocycles. The third kappa shape index (κ3) is 4.15. The van der Waals surface area contributed by atoms with Gasteiger partial charge in [0, 0.05) is 91.9 Å². The van der Waals surface area contributed by atoms with Crippen molar-refractivity contribution in [3.8, 4) is 22.3 Å². The van der Waals surface area contributed by atoms with Gasteiger partial charge >= 0.3 is 7.55 Å². The molecule has 0 N–H and O–H groups in total. The Morgan fingerprint density at radius 3 is 1.40 bits per heavy atom. The minimum absolute atomic E-state index is 0. The molecule has 0 aromatic carbocycles. The second kappa shape index (κ2) is 8.99.